The number of nitrogens with zero attached hydrogens (tertiary/aromatic N) is 1. The lowest BCUT2D eigenvalue weighted by Crippen LogP contribution is -2.16. The molecule has 0 radical (unpaired) electrons. The Morgan fingerprint density at radius 3 is 2.62 bits per heavy atom. The van der Waals surface area contributed by atoms with E-state index in [1.807, 2.05) is 18.2 Å². The van der Waals surface area contributed by atoms with Crippen LogP contribution in [0.2, 0.25) is 0 Å². The van der Waals surface area contributed by atoms with Crippen molar-refractivity contribution in [2.75, 3.05) is 6.54 Å². The average Bonchev–Trinajstić information content (AvgIpc) is 3.15. The molecule has 0 saturated carbocycles. The topological polar surface area (TPSA) is 38.1 Å². The molecule has 3 nitrogen and oxygen atoms in total. The molecule has 0 atom stereocenters. The average molecular weight is 342 g/mol. The van der Waals surface area contributed by atoms with Gasteiger partial charge in [-0.25, -0.2) is 4.98 Å². The fourth-order valence-corrected chi connectivity index (χ4v) is 3.13. The van der Waals surface area contributed by atoms with Gasteiger partial charge in [0.25, 0.3) is 0 Å². The van der Waals surface area contributed by atoms with Crippen LogP contribution in [0.15, 0.2) is 77.4 Å². The Kier molecular flexibility index (Phi) is 4.80. The number of hydrogen-bond acceptors (Lipinski definition) is 3. The highest BCUT2D eigenvalue weighted by atomic mass is 16.3. The number of hydrogen-bond donors (Lipinski definition) is 1. The zero-order valence-corrected chi connectivity index (χ0v) is 14.9. The van der Waals surface area contributed by atoms with Crippen LogP contribution in [0.1, 0.15) is 16.8 Å². The molecule has 0 unspecified atom stereocenters. The van der Waals surface area contributed by atoms with Gasteiger partial charge in [0.15, 0.2) is 0 Å². The first-order chi connectivity index (χ1) is 12.8. The SMILES string of the molecule is Cc1ccc(CCNCc2coc(-c3cccc4ccccc34)n2)cc1. The fourth-order valence-electron chi connectivity index (χ4n) is 3.13. The molecule has 130 valence electrons. The van der Waals surface area contributed by atoms with Gasteiger partial charge in [0.1, 0.15) is 6.26 Å². The monoisotopic (exact) mass is 342 g/mol. The minimum atomic E-state index is 0.678. The number of rotatable bonds is 6. The number of fused-ring (bicyclic) bond motifs is 1. The first-order valence-corrected chi connectivity index (χ1v) is 8.98. The molecule has 0 aliphatic rings. The summed E-state index contributed by atoms with van der Waals surface area (Å²) in [7, 11) is 0. The summed E-state index contributed by atoms with van der Waals surface area (Å²) in [5.74, 6) is 0.678. The number of aromatic nitrogens is 1. The Hall–Kier alpha value is -2.91. The van der Waals surface area contributed by atoms with E-state index in [0.29, 0.717) is 12.4 Å². The first kappa shape index (κ1) is 16.6. The van der Waals surface area contributed by atoms with E-state index < -0.39 is 0 Å². The third-order valence-corrected chi connectivity index (χ3v) is 4.59. The standard InChI is InChI=1S/C23H22N2O/c1-17-9-11-18(12-10-17)13-14-24-15-20-16-26-23(25-20)22-8-4-6-19-5-2-3-7-21(19)22/h2-12,16,24H,13-15H2,1H3. The second-order valence-corrected chi connectivity index (χ2v) is 6.58. The minimum Gasteiger partial charge on any atom is -0.444 e. The van der Waals surface area contributed by atoms with E-state index >= 15 is 0 Å². The molecule has 1 N–H and O–H groups in total. The van der Waals surface area contributed by atoms with Crippen molar-refractivity contribution in [2.24, 2.45) is 0 Å². The zero-order chi connectivity index (χ0) is 17.8. The van der Waals surface area contributed by atoms with Crippen LogP contribution < -0.4 is 5.32 Å². The Bertz CT molecular complexity index is 997. The molecule has 26 heavy (non-hydrogen) atoms. The molecular formula is C23H22N2O. The van der Waals surface area contributed by atoms with Crippen LogP contribution in [0.4, 0.5) is 0 Å². The van der Waals surface area contributed by atoms with E-state index in [9.17, 15) is 0 Å². The van der Waals surface area contributed by atoms with E-state index in [2.05, 4.69) is 65.8 Å². The molecule has 0 aliphatic carbocycles. The van der Waals surface area contributed by atoms with Crippen LogP contribution in [-0.4, -0.2) is 11.5 Å². The Morgan fingerprint density at radius 1 is 0.923 bits per heavy atom. The summed E-state index contributed by atoms with van der Waals surface area (Å²) in [6.45, 7) is 3.74. The third-order valence-electron chi connectivity index (χ3n) is 4.59. The highest BCUT2D eigenvalue weighted by Crippen LogP contribution is 2.27. The van der Waals surface area contributed by atoms with Crippen LogP contribution in [-0.2, 0) is 13.0 Å². The summed E-state index contributed by atoms with van der Waals surface area (Å²) in [6.07, 6.45) is 2.75. The predicted molar refractivity (Wildman–Crippen MR) is 106 cm³/mol. The van der Waals surface area contributed by atoms with Crippen molar-refractivity contribution in [2.45, 2.75) is 19.9 Å². The molecule has 3 aromatic carbocycles. The first-order valence-electron chi connectivity index (χ1n) is 8.98. The van der Waals surface area contributed by atoms with Crippen molar-refractivity contribution in [1.82, 2.24) is 10.3 Å². The summed E-state index contributed by atoms with van der Waals surface area (Å²) in [4.78, 5) is 4.66. The molecule has 1 heterocycles. The van der Waals surface area contributed by atoms with Crippen LogP contribution in [0.5, 0.6) is 0 Å². The molecule has 0 bridgehead atoms. The smallest absolute Gasteiger partial charge is 0.226 e. The summed E-state index contributed by atoms with van der Waals surface area (Å²) < 4.78 is 5.74. The summed E-state index contributed by atoms with van der Waals surface area (Å²) in [6, 6.07) is 23.2. The van der Waals surface area contributed by atoms with Crippen molar-refractivity contribution in [1.29, 1.82) is 0 Å². The van der Waals surface area contributed by atoms with Crippen molar-refractivity contribution < 1.29 is 4.42 Å². The van der Waals surface area contributed by atoms with Crippen LogP contribution in [0.3, 0.4) is 0 Å². The number of aryl methyl sites for hydroxylation is 1. The molecule has 0 fully saturated rings. The van der Waals surface area contributed by atoms with Gasteiger partial charge in [0.05, 0.1) is 5.69 Å². The van der Waals surface area contributed by atoms with Crippen LogP contribution in [0.25, 0.3) is 22.2 Å². The van der Waals surface area contributed by atoms with Crippen molar-refractivity contribution in [3.05, 3.63) is 89.8 Å². The largest absolute Gasteiger partial charge is 0.444 e. The lowest BCUT2D eigenvalue weighted by atomic mass is 10.0. The van der Waals surface area contributed by atoms with Gasteiger partial charge < -0.3 is 9.73 Å². The number of oxazole rings is 1. The molecule has 4 aromatic rings. The second kappa shape index (κ2) is 7.54. The van der Waals surface area contributed by atoms with Crippen LogP contribution >= 0.6 is 0 Å². The van der Waals surface area contributed by atoms with Crippen LogP contribution in [0, 0.1) is 6.92 Å². The van der Waals surface area contributed by atoms with Crippen molar-refractivity contribution in [3.8, 4) is 11.5 Å². The molecule has 0 aliphatic heterocycles. The fraction of sp³-hybridized carbons (Fsp3) is 0.174. The molecule has 0 saturated heterocycles. The van der Waals surface area contributed by atoms with Gasteiger partial charge in [0, 0.05) is 12.1 Å². The van der Waals surface area contributed by atoms with E-state index in [4.69, 9.17) is 4.42 Å². The van der Waals surface area contributed by atoms with Gasteiger partial charge in [-0.15, -0.1) is 0 Å². The Morgan fingerprint density at radius 2 is 1.73 bits per heavy atom. The van der Waals surface area contributed by atoms with E-state index in [1.54, 1.807) is 6.26 Å². The summed E-state index contributed by atoms with van der Waals surface area (Å²) >= 11 is 0. The quantitative estimate of drug-likeness (QED) is 0.493. The molecule has 3 heteroatoms. The number of benzene rings is 3. The maximum atomic E-state index is 5.74. The molecule has 1 aromatic heterocycles. The second-order valence-electron chi connectivity index (χ2n) is 6.58. The van der Waals surface area contributed by atoms with Gasteiger partial charge in [-0.3, -0.25) is 0 Å². The molecule has 0 amide bonds. The van der Waals surface area contributed by atoms with Crippen molar-refractivity contribution in [3.63, 3.8) is 0 Å². The van der Waals surface area contributed by atoms with E-state index in [-0.39, 0.29) is 0 Å². The highest BCUT2D eigenvalue weighted by molar-refractivity contribution is 5.94. The van der Waals surface area contributed by atoms with Crippen molar-refractivity contribution >= 4 is 10.8 Å². The van der Waals surface area contributed by atoms with Gasteiger partial charge >= 0.3 is 0 Å². The lowest BCUT2D eigenvalue weighted by molar-refractivity contribution is 0.570. The molecule has 0 spiro atoms. The zero-order valence-electron chi connectivity index (χ0n) is 14.9. The van der Waals surface area contributed by atoms with Gasteiger partial charge in [-0.05, 0) is 42.3 Å². The summed E-state index contributed by atoms with van der Waals surface area (Å²) in [5.41, 5.74) is 4.61. The summed E-state index contributed by atoms with van der Waals surface area (Å²) in [5, 5.41) is 5.80. The highest BCUT2D eigenvalue weighted by Gasteiger charge is 2.09. The van der Waals surface area contributed by atoms with Gasteiger partial charge in [-0.1, -0.05) is 66.2 Å². The van der Waals surface area contributed by atoms with Gasteiger partial charge in [-0.2, -0.15) is 0 Å². The lowest BCUT2D eigenvalue weighted by Gasteiger charge is -2.04. The predicted octanol–water partition coefficient (Wildman–Crippen LogP) is 5.14. The van der Waals surface area contributed by atoms with Gasteiger partial charge in [0.2, 0.25) is 5.89 Å². The maximum Gasteiger partial charge on any atom is 0.226 e. The minimum absolute atomic E-state index is 0.678. The third kappa shape index (κ3) is 3.68. The van der Waals surface area contributed by atoms with E-state index in [1.165, 1.54) is 16.5 Å². The Labute approximate surface area is 153 Å². The molecular weight excluding hydrogens is 320 g/mol. The Balaban J connectivity index is 1.39. The maximum absolute atomic E-state index is 5.74. The molecule has 4 rings (SSSR count). The van der Waals surface area contributed by atoms with E-state index in [0.717, 1.165) is 29.6 Å². The normalized spacial score (nSPS) is 11.1. The number of nitrogens with one attached hydrogen (secondary N) is 1.